The Morgan fingerprint density at radius 3 is 2.87 bits per heavy atom. The van der Waals surface area contributed by atoms with E-state index in [0.29, 0.717) is 23.0 Å². The van der Waals surface area contributed by atoms with E-state index in [4.69, 9.17) is 10.5 Å². The zero-order valence-corrected chi connectivity index (χ0v) is 12.8. The van der Waals surface area contributed by atoms with Crippen molar-refractivity contribution >= 4 is 22.9 Å². The van der Waals surface area contributed by atoms with Crippen molar-refractivity contribution in [1.82, 2.24) is 19.5 Å². The van der Waals surface area contributed by atoms with Gasteiger partial charge in [0, 0.05) is 12.0 Å². The number of anilines is 2. The predicted octanol–water partition coefficient (Wildman–Crippen LogP) is -0.131. The van der Waals surface area contributed by atoms with Gasteiger partial charge in [-0.15, -0.1) is 0 Å². The van der Waals surface area contributed by atoms with Crippen LogP contribution in [-0.2, 0) is 4.74 Å². The van der Waals surface area contributed by atoms with Gasteiger partial charge in [0.1, 0.15) is 12.3 Å². The fourth-order valence-electron chi connectivity index (χ4n) is 3.00. The summed E-state index contributed by atoms with van der Waals surface area (Å²) >= 11 is 0. The van der Waals surface area contributed by atoms with Crippen molar-refractivity contribution in [2.75, 3.05) is 17.7 Å². The van der Waals surface area contributed by atoms with E-state index >= 15 is 0 Å². The van der Waals surface area contributed by atoms with Crippen LogP contribution >= 0.6 is 0 Å². The molecular formula is C14H20N6O3. The molecule has 2 aliphatic rings. The van der Waals surface area contributed by atoms with Gasteiger partial charge in [0.05, 0.1) is 19.0 Å². The molecule has 0 amide bonds. The number of nitrogens with one attached hydrogen (secondary N) is 1. The smallest absolute Gasteiger partial charge is 0.224 e. The van der Waals surface area contributed by atoms with Gasteiger partial charge in [0.2, 0.25) is 5.95 Å². The van der Waals surface area contributed by atoms with E-state index in [1.807, 2.05) is 6.92 Å². The molecule has 2 aromatic heterocycles. The third kappa shape index (κ3) is 2.41. The topological polar surface area (TPSA) is 131 Å². The van der Waals surface area contributed by atoms with Crippen molar-refractivity contribution in [2.24, 2.45) is 5.92 Å². The van der Waals surface area contributed by atoms with Gasteiger partial charge in [0.15, 0.2) is 17.0 Å². The molecule has 1 aliphatic heterocycles. The number of fused-ring (bicyclic) bond motifs is 1. The molecule has 1 saturated carbocycles. The van der Waals surface area contributed by atoms with Crippen LogP contribution in [0.1, 0.15) is 26.0 Å². The van der Waals surface area contributed by atoms with E-state index in [0.717, 1.165) is 12.8 Å². The van der Waals surface area contributed by atoms with E-state index in [9.17, 15) is 10.2 Å². The number of aliphatic hydroxyl groups excluding tert-OH is 2. The van der Waals surface area contributed by atoms with Crippen molar-refractivity contribution in [2.45, 2.75) is 44.2 Å². The number of nitrogens with two attached hydrogens (primary N) is 1. The molecule has 3 heterocycles. The fraction of sp³-hybridized carbons (Fsp3) is 0.643. The lowest BCUT2D eigenvalue weighted by Gasteiger charge is -2.17. The number of ether oxygens (including phenoxy) is 1. The van der Waals surface area contributed by atoms with Gasteiger partial charge in [-0.3, -0.25) is 4.57 Å². The quantitative estimate of drug-likeness (QED) is 0.612. The first-order valence-corrected chi connectivity index (χ1v) is 7.79. The number of hydrogen-bond acceptors (Lipinski definition) is 8. The summed E-state index contributed by atoms with van der Waals surface area (Å²) in [5.74, 6) is 0.576. The second kappa shape index (κ2) is 5.29. The number of imidazole rings is 1. The van der Waals surface area contributed by atoms with Crippen molar-refractivity contribution in [3.63, 3.8) is 0 Å². The SMILES string of the molecule is C[C@H]1C(O)[C@@H](CO)O[C@H]1n1cnc2c(NC3CC3)nc(N)nc21. The molecule has 4 atom stereocenters. The van der Waals surface area contributed by atoms with Crippen molar-refractivity contribution in [3.05, 3.63) is 6.33 Å². The number of nitrogen functional groups attached to an aromatic ring is 1. The highest BCUT2D eigenvalue weighted by atomic mass is 16.5. The monoisotopic (exact) mass is 320 g/mol. The highest BCUT2D eigenvalue weighted by molar-refractivity contribution is 5.84. The lowest BCUT2D eigenvalue weighted by atomic mass is 10.0. The van der Waals surface area contributed by atoms with Crippen LogP contribution in [0.5, 0.6) is 0 Å². The van der Waals surface area contributed by atoms with Crippen LogP contribution in [0.2, 0.25) is 0 Å². The molecule has 9 nitrogen and oxygen atoms in total. The number of aromatic nitrogens is 4. The molecule has 1 unspecified atom stereocenters. The van der Waals surface area contributed by atoms with Gasteiger partial charge in [-0.25, -0.2) is 4.98 Å². The zero-order valence-electron chi connectivity index (χ0n) is 12.8. The van der Waals surface area contributed by atoms with Gasteiger partial charge in [-0.2, -0.15) is 9.97 Å². The molecule has 0 radical (unpaired) electrons. The summed E-state index contributed by atoms with van der Waals surface area (Å²) in [7, 11) is 0. The largest absolute Gasteiger partial charge is 0.394 e. The van der Waals surface area contributed by atoms with Crippen LogP contribution in [0, 0.1) is 5.92 Å². The summed E-state index contributed by atoms with van der Waals surface area (Å²) < 4.78 is 7.51. The molecule has 4 rings (SSSR count). The number of rotatable bonds is 4. The van der Waals surface area contributed by atoms with Crippen LogP contribution in [0.4, 0.5) is 11.8 Å². The maximum atomic E-state index is 10.1. The van der Waals surface area contributed by atoms with E-state index in [1.165, 1.54) is 0 Å². The molecule has 1 saturated heterocycles. The first kappa shape index (κ1) is 14.6. The first-order valence-electron chi connectivity index (χ1n) is 7.79. The molecule has 0 spiro atoms. The zero-order chi connectivity index (χ0) is 16.1. The average molecular weight is 320 g/mol. The van der Waals surface area contributed by atoms with E-state index in [1.54, 1.807) is 10.9 Å². The summed E-state index contributed by atoms with van der Waals surface area (Å²) in [5, 5.41) is 22.8. The Morgan fingerprint density at radius 1 is 1.43 bits per heavy atom. The van der Waals surface area contributed by atoms with Crippen LogP contribution < -0.4 is 11.1 Å². The highest BCUT2D eigenvalue weighted by Crippen LogP contribution is 2.37. The van der Waals surface area contributed by atoms with Gasteiger partial charge >= 0.3 is 0 Å². The van der Waals surface area contributed by atoms with Crippen LogP contribution in [0.15, 0.2) is 6.33 Å². The van der Waals surface area contributed by atoms with Gasteiger partial charge in [-0.1, -0.05) is 6.92 Å². The Hall–Kier alpha value is -1.97. The molecular weight excluding hydrogens is 300 g/mol. The normalized spacial score (nSPS) is 30.9. The van der Waals surface area contributed by atoms with E-state index in [2.05, 4.69) is 20.3 Å². The molecule has 2 fully saturated rings. The number of nitrogens with zero attached hydrogens (tertiary/aromatic N) is 4. The fourth-order valence-corrected chi connectivity index (χ4v) is 3.00. The van der Waals surface area contributed by atoms with Gasteiger partial charge in [-0.05, 0) is 12.8 Å². The number of hydrogen-bond donors (Lipinski definition) is 4. The predicted molar refractivity (Wildman–Crippen MR) is 82.5 cm³/mol. The second-order valence-electron chi connectivity index (χ2n) is 6.27. The van der Waals surface area contributed by atoms with E-state index in [-0.39, 0.29) is 18.5 Å². The maximum absolute atomic E-state index is 10.1. The van der Waals surface area contributed by atoms with Gasteiger partial charge < -0.3 is 26.0 Å². The maximum Gasteiger partial charge on any atom is 0.224 e. The molecule has 0 aromatic carbocycles. The Bertz CT molecular complexity index is 731. The van der Waals surface area contributed by atoms with Gasteiger partial charge in [0.25, 0.3) is 0 Å². The van der Waals surface area contributed by atoms with E-state index < -0.39 is 18.4 Å². The van der Waals surface area contributed by atoms with Crippen molar-refractivity contribution in [1.29, 1.82) is 0 Å². The van der Waals surface area contributed by atoms with Crippen LogP contribution in [0.3, 0.4) is 0 Å². The standard InChI is InChI=1S/C14H20N6O3/c1-6-10(22)8(4-21)23-13(6)20-5-16-9-11(17-7-2-3-7)18-14(15)19-12(9)20/h5-8,10,13,21-22H,2-4H2,1H3,(H3,15,17,18,19)/t6-,8+,10?,13+/m0/s1. The molecule has 23 heavy (non-hydrogen) atoms. The van der Waals surface area contributed by atoms with Crippen LogP contribution in [-0.4, -0.2) is 54.6 Å². The lowest BCUT2D eigenvalue weighted by molar-refractivity contribution is -0.0447. The molecule has 1 aliphatic carbocycles. The van der Waals surface area contributed by atoms with Crippen molar-refractivity contribution in [3.8, 4) is 0 Å². The minimum Gasteiger partial charge on any atom is -0.394 e. The minimum absolute atomic E-state index is 0.160. The Labute approximate surface area is 132 Å². The number of aliphatic hydroxyl groups is 2. The summed E-state index contributed by atoms with van der Waals surface area (Å²) in [6.07, 6.45) is 2.01. The first-order chi connectivity index (χ1) is 11.1. The Morgan fingerprint density at radius 2 is 2.22 bits per heavy atom. The third-order valence-electron chi connectivity index (χ3n) is 4.49. The highest BCUT2D eigenvalue weighted by Gasteiger charge is 2.42. The van der Waals surface area contributed by atoms with Crippen molar-refractivity contribution < 1.29 is 14.9 Å². The Balaban J connectivity index is 1.74. The third-order valence-corrected chi connectivity index (χ3v) is 4.49. The average Bonchev–Trinajstić information content (AvgIpc) is 3.17. The summed E-state index contributed by atoms with van der Waals surface area (Å²) in [6, 6.07) is 0.417. The Kier molecular flexibility index (Phi) is 3.36. The summed E-state index contributed by atoms with van der Waals surface area (Å²) in [5.41, 5.74) is 7.02. The molecule has 5 N–H and O–H groups in total. The molecule has 2 aromatic rings. The minimum atomic E-state index is -0.745. The molecule has 9 heteroatoms. The molecule has 124 valence electrons. The lowest BCUT2D eigenvalue weighted by Crippen LogP contribution is -2.28. The van der Waals surface area contributed by atoms with Crippen LogP contribution in [0.25, 0.3) is 11.2 Å². The summed E-state index contributed by atoms with van der Waals surface area (Å²) in [6.45, 7) is 1.63. The second-order valence-corrected chi connectivity index (χ2v) is 6.27. The molecule has 0 bridgehead atoms. The summed E-state index contributed by atoms with van der Waals surface area (Å²) in [4.78, 5) is 12.9.